The molecule has 2 aromatic rings. The molecule has 1 aliphatic carbocycles. The van der Waals surface area contributed by atoms with Gasteiger partial charge in [0.2, 0.25) is 5.91 Å². The number of nitrogens with one attached hydrogen (secondary N) is 2. The van der Waals surface area contributed by atoms with Crippen LogP contribution < -0.4 is 15.4 Å². The van der Waals surface area contributed by atoms with Crippen molar-refractivity contribution < 1.29 is 23.9 Å². The van der Waals surface area contributed by atoms with Gasteiger partial charge in [-0.1, -0.05) is 39.0 Å². The van der Waals surface area contributed by atoms with Crippen molar-refractivity contribution in [2.75, 3.05) is 12.4 Å². The molecule has 0 radical (unpaired) electrons. The molecule has 8 nitrogen and oxygen atoms in total. The Balaban J connectivity index is 2.05. The molecule has 1 saturated carbocycles. The fourth-order valence-electron chi connectivity index (χ4n) is 4.87. The molecule has 8 heteroatoms. The number of aryl methyl sites for hydroxylation is 1. The number of amides is 3. The largest absolute Gasteiger partial charge is 0.497 e. The summed E-state index contributed by atoms with van der Waals surface area (Å²) in [5, 5.41) is 5.84. The minimum absolute atomic E-state index is 0.120. The predicted octanol–water partition coefficient (Wildman–Crippen LogP) is 6.17. The van der Waals surface area contributed by atoms with Crippen LogP contribution >= 0.6 is 0 Å². The molecule has 1 aliphatic rings. The summed E-state index contributed by atoms with van der Waals surface area (Å²) in [6.07, 6.45) is 0.542. The second kappa shape index (κ2) is 12.7. The summed E-state index contributed by atoms with van der Waals surface area (Å²) in [5.74, 6) is 0.426. The summed E-state index contributed by atoms with van der Waals surface area (Å²) in [6, 6.07) is 11.0. The second-order valence-corrected chi connectivity index (χ2v) is 12.3. The molecule has 3 rings (SSSR count). The van der Waals surface area contributed by atoms with Crippen LogP contribution in [0.1, 0.15) is 77.1 Å². The van der Waals surface area contributed by atoms with Gasteiger partial charge in [0.15, 0.2) is 0 Å². The van der Waals surface area contributed by atoms with Crippen molar-refractivity contribution >= 4 is 23.6 Å². The Morgan fingerprint density at radius 2 is 1.68 bits per heavy atom. The molecule has 4 atom stereocenters. The Bertz CT molecular complexity index is 1200. The van der Waals surface area contributed by atoms with Crippen LogP contribution in [0, 0.1) is 25.7 Å². The first-order valence-electron chi connectivity index (χ1n) is 14.0. The number of rotatable bonds is 10. The Kier molecular flexibility index (Phi) is 9.87. The SMILES string of the molecule is COc1ccc(NC(=O)C(c2cccc(C)c2C)N(C(=O)C(CC(C)C)NC(=O)OC(C)(C)C)C2CC2C)cc1. The second-order valence-electron chi connectivity index (χ2n) is 12.3. The number of alkyl carbamates (subject to hydrolysis) is 1. The Labute approximate surface area is 238 Å². The lowest BCUT2D eigenvalue weighted by Crippen LogP contribution is -2.54. The van der Waals surface area contributed by atoms with E-state index in [1.807, 2.05) is 45.9 Å². The zero-order valence-electron chi connectivity index (χ0n) is 25.3. The van der Waals surface area contributed by atoms with Gasteiger partial charge in [-0.05, 0) is 100 Å². The Morgan fingerprint density at radius 1 is 1.05 bits per heavy atom. The van der Waals surface area contributed by atoms with Crippen LogP contribution in [0.2, 0.25) is 0 Å². The summed E-state index contributed by atoms with van der Waals surface area (Å²) in [5.41, 5.74) is 2.63. The molecule has 0 heterocycles. The van der Waals surface area contributed by atoms with Gasteiger partial charge < -0.3 is 25.0 Å². The molecular weight excluding hydrogens is 506 g/mol. The number of nitrogens with zero attached hydrogens (tertiary/aromatic N) is 1. The van der Waals surface area contributed by atoms with E-state index in [0.717, 1.165) is 23.1 Å². The number of carbonyl (C=O) groups excluding carboxylic acids is 3. The fraction of sp³-hybridized carbons (Fsp3) is 0.531. The maximum atomic E-state index is 14.4. The van der Waals surface area contributed by atoms with E-state index >= 15 is 0 Å². The van der Waals surface area contributed by atoms with E-state index in [2.05, 4.69) is 17.6 Å². The third-order valence-corrected chi connectivity index (χ3v) is 7.20. The molecule has 4 unspecified atom stereocenters. The third kappa shape index (κ3) is 7.99. The number of methoxy groups -OCH3 is 1. The third-order valence-electron chi connectivity index (χ3n) is 7.20. The average molecular weight is 552 g/mol. The van der Waals surface area contributed by atoms with E-state index in [0.29, 0.717) is 17.9 Å². The molecule has 0 saturated heterocycles. The molecule has 218 valence electrons. The summed E-state index contributed by atoms with van der Waals surface area (Å²) in [4.78, 5) is 43.0. The van der Waals surface area contributed by atoms with Crippen molar-refractivity contribution in [2.45, 2.75) is 92.0 Å². The summed E-state index contributed by atoms with van der Waals surface area (Å²) >= 11 is 0. The lowest BCUT2D eigenvalue weighted by molar-refractivity contribution is -0.142. The van der Waals surface area contributed by atoms with Crippen LogP contribution in [0.25, 0.3) is 0 Å². The summed E-state index contributed by atoms with van der Waals surface area (Å²) in [7, 11) is 1.59. The van der Waals surface area contributed by atoms with Gasteiger partial charge in [-0.15, -0.1) is 0 Å². The van der Waals surface area contributed by atoms with Crippen molar-refractivity contribution in [1.82, 2.24) is 10.2 Å². The summed E-state index contributed by atoms with van der Waals surface area (Å²) in [6.45, 7) is 15.4. The highest BCUT2D eigenvalue weighted by molar-refractivity contribution is 5.99. The van der Waals surface area contributed by atoms with Crippen molar-refractivity contribution in [2.24, 2.45) is 11.8 Å². The highest BCUT2D eigenvalue weighted by Gasteiger charge is 2.48. The number of hydrogen-bond donors (Lipinski definition) is 2. The monoisotopic (exact) mass is 551 g/mol. The highest BCUT2D eigenvalue weighted by Crippen LogP contribution is 2.42. The van der Waals surface area contributed by atoms with E-state index in [9.17, 15) is 14.4 Å². The average Bonchev–Trinajstić information content (AvgIpc) is 3.58. The van der Waals surface area contributed by atoms with Gasteiger partial charge in [-0.25, -0.2) is 4.79 Å². The van der Waals surface area contributed by atoms with Crippen molar-refractivity contribution in [3.63, 3.8) is 0 Å². The number of benzene rings is 2. The Morgan fingerprint density at radius 3 is 2.20 bits per heavy atom. The number of hydrogen-bond acceptors (Lipinski definition) is 5. The molecule has 0 bridgehead atoms. The van der Waals surface area contributed by atoms with Gasteiger partial charge in [-0.2, -0.15) is 0 Å². The van der Waals surface area contributed by atoms with Crippen LogP contribution in [-0.2, 0) is 14.3 Å². The molecular formula is C32H45N3O5. The zero-order valence-corrected chi connectivity index (χ0v) is 25.3. The number of anilines is 1. The first kappa shape index (κ1) is 31.0. The minimum Gasteiger partial charge on any atom is -0.497 e. The standard InChI is InChI=1S/C32H45N3O5/c1-19(2)17-26(34-31(38)40-32(6,7)8)30(37)35(27-18-21(27)4)28(25-12-10-11-20(3)22(25)5)29(36)33-23-13-15-24(39-9)16-14-23/h10-16,19,21,26-28H,17-18H2,1-9H3,(H,33,36)(H,34,38). The van der Waals surface area contributed by atoms with Gasteiger partial charge >= 0.3 is 6.09 Å². The number of ether oxygens (including phenoxy) is 2. The lowest BCUT2D eigenvalue weighted by atomic mass is 9.94. The van der Waals surface area contributed by atoms with Gasteiger partial charge in [0, 0.05) is 11.7 Å². The van der Waals surface area contributed by atoms with Crippen LogP contribution in [0.5, 0.6) is 5.75 Å². The fourth-order valence-corrected chi connectivity index (χ4v) is 4.87. The van der Waals surface area contributed by atoms with Crippen LogP contribution in [0.4, 0.5) is 10.5 Å². The smallest absolute Gasteiger partial charge is 0.408 e. The van der Waals surface area contributed by atoms with Gasteiger partial charge in [0.25, 0.3) is 5.91 Å². The number of carbonyl (C=O) groups is 3. The zero-order chi connectivity index (χ0) is 29.8. The lowest BCUT2D eigenvalue weighted by Gasteiger charge is -2.36. The van der Waals surface area contributed by atoms with E-state index in [4.69, 9.17) is 9.47 Å². The van der Waals surface area contributed by atoms with E-state index in [-0.39, 0.29) is 29.7 Å². The van der Waals surface area contributed by atoms with Gasteiger partial charge in [-0.3, -0.25) is 9.59 Å². The van der Waals surface area contributed by atoms with Crippen LogP contribution in [0.3, 0.4) is 0 Å². The van der Waals surface area contributed by atoms with Crippen LogP contribution in [0.15, 0.2) is 42.5 Å². The molecule has 0 spiro atoms. The topological polar surface area (TPSA) is 97.0 Å². The maximum Gasteiger partial charge on any atom is 0.408 e. The minimum atomic E-state index is -0.889. The Hall–Kier alpha value is -3.55. The van der Waals surface area contributed by atoms with E-state index in [1.165, 1.54) is 0 Å². The highest BCUT2D eigenvalue weighted by atomic mass is 16.6. The quantitative estimate of drug-likeness (QED) is 0.368. The van der Waals surface area contributed by atoms with Crippen molar-refractivity contribution in [1.29, 1.82) is 0 Å². The molecule has 0 aliphatic heterocycles. The van der Waals surface area contributed by atoms with Crippen molar-refractivity contribution in [3.8, 4) is 5.75 Å². The molecule has 3 amide bonds. The van der Waals surface area contributed by atoms with Gasteiger partial charge in [0.05, 0.1) is 7.11 Å². The molecule has 2 aromatic carbocycles. The van der Waals surface area contributed by atoms with E-state index in [1.54, 1.807) is 57.0 Å². The normalized spacial score (nSPS) is 17.9. The van der Waals surface area contributed by atoms with Gasteiger partial charge in [0.1, 0.15) is 23.4 Å². The van der Waals surface area contributed by atoms with Crippen LogP contribution in [-0.4, -0.2) is 47.6 Å². The molecule has 1 fully saturated rings. The van der Waals surface area contributed by atoms with Crippen molar-refractivity contribution in [3.05, 3.63) is 59.2 Å². The summed E-state index contributed by atoms with van der Waals surface area (Å²) < 4.78 is 10.7. The first-order chi connectivity index (χ1) is 18.7. The molecule has 40 heavy (non-hydrogen) atoms. The predicted molar refractivity (Wildman–Crippen MR) is 157 cm³/mol. The first-order valence-corrected chi connectivity index (χ1v) is 14.0. The molecule has 2 N–H and O–H groups in total. The van der Waals surface area contributed by atoms with E-state index < -0.39 is 23.8 Å². The maximum absolute atomic E-state index is 14.4. The molecule has 0 aromatic heterocycles.